The summed E-state index contributed by atoms with van der Waals surface area (Å²) in [5.41, 5.74) is 11.5. The third-order valence-electron chi connectivity index (χ3n) is 6.57. The summed E-state index contributed by atoms with van der Waals surface area (Å²) in [5, 5.41) is 0. The van der Waals surface area contributed by atoms with E-state index in [0.717, 1.165) is 6.42 Å². The molecule has 0 saturated heterocycles. The van der Waals surface area contributed by atoms with Gasteiger partial charge < -0.3 is 24.8 Å². The van der Waals surface area contributed by atoms with Gasteiger partial charge in [-0.1, -0.05) is 76.3 Å². The maximum absolute atomic E-state index is 3.53. The van der Waals surface area contributed by atoms with E-state index in [4.69, 9.17) is 0 Å². The van der Waals surface area contributed by atoms with Crippen LogP contribution in [0.25, 0.3) is 11.1 Å². The van der Waals surface area contributed by atoms with Gasteiger partial charge in [0.15, 0.2) is 0 Å². The number of halogens is 2. The van der Waals surface area contributed by atoms with Crippen LogP contribution in [0.3, 0.4) is 0 Å². The average Bonchev–Trinajstić information content (AvgIpc) is 3.49. The number of rotatable bonds is 1. The smallest absolute Gasteiger partial charge is 0.172 e. The van der Waals surface area contributed by atoms with Gasteiger partial charge in [0.1, 0.15) is 0 Å². The molecule has 0 nitrogen and oxygen atoms in total. The van der Waals surface area contributed by atoms with Crippen LogP contribution in [-0.4, -0.2) is 3.26 Å². The predicted octanol–water partition coefficient (Wildman–Crippen LogP) is 3.15. The maximum Gasteiger partial charge on any atom is -0.172 e. The van der Waals surface area contributed by atoms with Crippen LogP contribution in [0.5, 0.6) is 0 Å². The first-order valence-electron chi connectivity index (χ1n) is 12.8. The predicted molar refractivity (Wildman–Crippen MR) is 154 cm³/mol. The Kier molecular flexibility index (Phi) is 13.2. The van der Waals surface area contributed by atoms with Crippen molar-refractivity contribution in [2.75, 3.05) is 0 Å². The topological polar surface area (TPSA) is 0 Å². The molecule has 0 heterocycles. The fourth-order valence-corrected chi connectivity index (χ4v) is 4.71. The van der Waals surface area contributed by atoms with Crippen LogP contribution in [0.1, 0.15) is 81.8 Å². The van der Waals surface area contributed by atoms with E-state index in [-0.39, 0.29) is 35.6 Å². The van der Waals surface area contributed by atoms with E-state index in [1.807, 2.05) is 30.3 Å². The maximum atomic E-state index is 3.53. The number of benzene rings is 3. The molecular formula is C35H40Cl2Hf-2. The largest absolute Gasteiger partial charge is 1.00 e. The van der Waals surface area contributed by atoms with Gasteiger partial charge in [-0.2, -0.15) is 47.5 Å². The Balaban J connectivity index is 0.000000354. The van der Waals surface area contributed by atoms with Gasteiger partial charge in [0.2, 0.25) is 0 Å². The van der Waals surface area contributed by atoms with E-state index < -0.39 is 0 Å². The van der Waals surface area contributed by atoms with Crippen molar-refractivity contribution in [2.24, 2.45) is 0 Å². The van der Waals surface area contributed by atoms with Crippen LogP contribution >= 0.6 is 0 Å². The molecule has 0 radical (unpaired) electrons. The van der Waals surface area contributed by atoms with Gasteiger partial charge >= 0.3 is 76.4 Å². The Morgan fingerprint density at radius 3 is 1.82 bits per heavy atom. The van der Waals surface area contributed by atoms with Gasteiger partial charge in [0, 0.05) is 0 Å². The summed E-state index contributed by atoms with van der Waals surface area (Å²) in [5.74, 6) is 0. The molecule has 1 aliphatic carbocycles. The van der Waals surface area contributed by atoms with E-state index in [1.54, 1.807) is 0 Å². The van der Waals surface area contributed by atoms with Gasteiger partial charge in [-0.05, 0) is 17.4 Å². The molecule has 0 N–H and O–H groups in total. The van der Waals surface area contributed by atoms with E-state index >= 15 is 0 Å². The zero-order valence-electron chi connectivity index (χ0n) is 24.0. The molecule has 0 atom stereocenters. The van der Waals surface area contributed by atoms with Crippen molar-refractivity contribution in [1.29, 1.82) is 0 Å². The summed E-state index contributed by atoms with van der Waals surface area (Å²) in [6.07, 6.45) is 1.03. The third kappa shape index (κ3) is 9.51. The van der Waals surface area contributed by atoms with Crippen LogP contribution in [0.4, 0.5) is 0 Å². The Morgan fingerprint density at radius 2 is 1.34 bits per heavy atom. The molecule has 0 spiro atoms. The second kappa shape index (κ2) is 14.6. The van der Waals surface area contributed by atoms with Crippen LogP contribution in [0.2, 0.25) is 0 Å². The molecule has 0 aliphatic heterocycles. The molecule has 200 valence electrons. The summed E-state index contributed by atoms with van der Waals surface area (Å²) < 4.78 is 1.51. The first-order valence-corrected chi connectivity index (χ1v) is 14.6. The van der Waals surface area contributed by atoms with Crippen LogP contribution < -0.4 is 24.8 Å². The Morgan fingerprint density at radius 1 is 0.789 bits per heavy atom. The van der Waals surface area contributed by atoms with Crippen LogP contribution in [0, 0.1) is 13.0 Å². The van der Waals surface area contributed by atoms with Crippen LogP contribution in [-0.2, 0) is 41.1 Å². The summed E-state index contributed by atoms with van der Waals surface area (Å²) in [6, 6.07) is 33.8. The van der Waals surface area contributed by atoms with Crippen molar-refractivity contribution in [3.63, 3.8) is 0 Å². The fourth-order valence-electron chi connectivity index (χ4n) is 4.11. The van der Waals surface area contributed by atoms with Crippen molar-refractivity contribution in [1.82, 2.24) is 0 Å². The third-order valence-corrected chi connectivity index (χ3v) is 7.60. The fraction of sp³-hybridized carbons (Fsp3) is 0.314. The Hall–Kier alpha value is -1.67. The zero-order valence-corrected chi connectivity index (χ0v) is 29.2. The summed E-state index contributed by atoms with van der Waals surface area (Å²) in [7, 11) is 0. The van der Waals surface area contributed by atoms with E-state index in [9.17, 15) is 0 Å². The number of hydrogen-bond acceptors (Lipinski definition) is 0. The molecule has 0 aromatic heterocycles. The molecule has 5 rings (SSSR count). The van der Waals surface area contributed by atoms with E-state index in [2.05, 4.69) is 116 Å². The van der Waals surface area contributed by atoms with E-state index in [0.29, 0.717) is 0 Å². The molecular weight excluding hydrogens is 670 g/mol. The van der Waals surface area contributed by atoms with E-state index in [1.165, 1.54) is 71.7 Å². The van der Waals surface area contributed by atoms with Gasteiger partial charge in [-0.25, -0.2) is 12.1 Å². The van der Waals surface area contributed by atoms with Crippen molar-refractivity contribution in [3.05, 3.63) is 124 Å². The zero-order chi connectivity index (χ0) is 26.5. The molecule has 4 aromatic carbocycles. The molecule has 1 aliphatic rings. The second-order valence-electron chi connectivity index (χ2n) is 11.8. The summed E-state index contributed by atoms with van der Waals surface area (Å²) in [6.45, 7) is 18.0. The van der Waals surface area contributed by atoms with Gasteiger partial charge in [0.25, 0.3) is 0 Å². The monoisotopic (exact) mass is 710 g/mol. The molecule has 38 heavy (non-hydrogen) atoms. The van der Waals surface area contributed by atoms with Crippen molar-refractivity contribution in [3.8, 4) is 11.1 Å². The molecule has 3 heteroatoms. The number of fused-ring (bicyclic) bond motifs is 3. The Labute approximate surface area is 258 Å². The standard InChI is InChI=1S/C21H25.C9H10.C5H5.2ClH.Hf/c1-20(2,3)16-9-7-14-11-15-8-10-17(21(4,5)6)13-19(15)18(14)12-16;1-3-9-6-4-8(2)5-7-9;1-2-4-5-3-1;;;/h7,9-10,12-13H,11H2,1-6H3;4-7H,1-2H3;1-5H;2*1H;/q-1;;-1;;;+2/p-2. The normalized spacial score (nSPS) is 11.3. The minimum atomic E-state index is 0. The average molecular weight is 710 g/mol. The van der Waals surface area contributed by atoms with Crippen LogP contribution in [0.15, 0.2) is 84.9 Å². The molecule has 0 fully saturated rings. The quantitative estimate of drug-likeness (QED) is 0.186. The van der Waals surface area contributed by atoms with Gasteiger partial charge in [-0.3, -0.25) is 0 Å². The minimum absolute atomic E-state index is 0. The van der Waals surface area contributed by atoms with Crippen molar-refractivity contribution in [2.45, 2.75) is 72.6 Å². The summed E-state index contributed by atoms with van der Waals surface area (Å²) >= 11 is 1.17. The molecule has 0 amide bonds. The number of aryl methyl sites for hydroxylation is 1. The van der Waals surface area contributed by atoms with Crippen molar-refractivity contribution >= 4 is 3.26 Å². The molecule has 0 unspecified atom stereocenters. The minimum Gasteiger partial charge on any atom is -1.00 e. The first-order chi connectivity index (χ1) is 16.9. The molecule has 0 saturated carbocycles. The van der Waals surface area contributed by atoms with Gasteiger partial charge in [-0.15, -0.1) is 5.56 Å². The first kappa shape index (κ1) is 34.4. The van der Waals surface area contributed by atoms with Gasteiger partial charge in [0.05, 0.1) is 0 Å². The second-order valence-corrected chi connectivity index (χ2v) is 14.5. The molecule has 4 aromatic rings. The number of hydrogen-bond donors (Lipinski definition) is 0. The molecule has 0 bridgehead atoms. The van der Waals surface area contributed by atoms with Crippen molar-refractivity contribution < 1.29 is 48.7 Å². The summed E-state index contributed by atoms with van der Waals surface area (Å²) in [4.78, 5) is 0. The Bertz CT molecular complexity index is 1210. The SMILES string of the molecule is CC(C)(C)c1c[c-]c2c(c1)-c1cc(C(C)(C)C)ccc1C2.C[C](=[Hf+2])c1ccc(C)cc1.[Cl-].[Cl-].c1cc[cH-]c1.